The van der Waals surface area contributed by atoms with Crippen molar-refractivity contribution in [2.45, 2.75) is 45.9 Å². The molecular formula is C20H25N7O2. The normalized spacial score (nSPS) is 18.5. The highest BCUT2D eigenvalue weighted by atomic mass is 16.5. The van der Waals surface area contributed by atoms with Crippen LogP contribution in [-0.2, 0) is 6.54 Å². The molecule has 0 amide bonds. The molecule has 152 valence electrons. The first-order chi connectivity index (χ1) is 14.0. The summed E-state index contributed by atoms with van der Waals surface area (Å²) < 4.78 is 10.0. The van der Waals surface area contributed by atoms with E-state index in [4.69, 9.17) is 9.72 Å². The molecule has 1 fully saturated rings. The van der Waals surface area contributed by atoms with Gasteiger partial charge < -0.3 is 19.3 Å². The lowest BCUT2D eigenvalue weighted by Gasteiger charge is -2.18. The summed E-state index contributed by atoms with van der Waals surface area (Å²) >= 11 is 0. The van der Waals surface area contributed by atoms with Gasteiger partial charge in [0, 0.05) is 37.6 Å². The zero-order chi connectivity index (χ0) is 20.1. The van der Waals surface area contributed by atoms with Crippen LogP contribution < -0.4 is 9.64 Å². The lowest BCUT2D eigenvalue weighted by atomic mass is 10.2. The van der Waals surface area contributed by atoms with Crippen LogP contribution in [0.25, 0.3) is 22.9 Å². The van der Waals surface area contributed by atoms with Crippen LogP contribution in [0.4, 0.5) is 5.82 Å². The Morgan fingerprint density at radius 3 is 2.83 bits per heavy atom. The Morgan fingerprint density at radius 2 is 2.07 bits per heavy atom. The molecule has 5 heterocycles. The van der Waals surface area contributed by atoms with Gasteiger partial charge in [0.15, 0.2) is 5.82 Å². The molecule has 29 heavy (non-hydrogen) atoms. The number of imidazole rings is 1. The largest absolute Gasteiger partial charge is 0.491 e. The van der Waals surface area contributed by atoms with Crippen LogP contribution in [0.1, 0.15) is 32.1 Å². The molecule has 3 aromatic rings. The van der Waals surface area contributed by atoms with E-state index in [9.17, 15) is 5.11 Å². The van der Waals surface area contributed by atoms with E-state index in [1.807, 2.05) is 30.1 Å². The van der Waals surface area contributed by atoms with E-state index in [1.54, 1.807) is 0 Å². The molecule has 1 saturated heterocycles. The molecule has 0 radical (unpaired) electrons. The molecule has 1 N–H and O–H groups in total. The third kappa shape index (κ3) is 3.15. The number of nitrogens with zero attached hydrogens (tertiary/aromatic N) is 7. The zero-order valence-electron chi connectivity index (χ0n) is 16.9. The predicted molar refractivity (Wildman–Crippen MR) is 108 cm³/mol. The molecule has 0 unspecified atom stereocenters. The summed E-state index contributed by atoms with van der Waals surface area (Å²) in [6.45, 7) is 8.73. The molecule has 2 aliphatic rings. The third-order valence-corrected chi connectivity index (χ3v) is 5.40. The summed E-state index contributed by atoms with van der Waals surface area (Å²) in [6, 6.07) is 2.15. The van der Waals surface area contributed by atoms with Crippen molar-refractivity contribution >= 4 is 5.82 Å². The van der Waals surface area contributed by atoms with Gasteiger partial charge in [0.2, 0.25) is 0 Å². The average Bonchev–Trinajstić information content (AvgIpc) is 3.38. The van der Waals surface area contributed by atoms with Crippen molar-refractivity contribution in [3.63, 3.8) is 0 Å². The molecular weight excluding hydrogens is 370 g/mol. The van der Waals surface area contributed by atoms with E-state index < -0.39 is 0 Å². The van der Waals surface area contributed by atoms with Gasteiger partial charge in [0.05, 0.1) is 18.2 Å². The Labute approximate surface area is 169 Å². The average molecular weight is 395 g/mol. The minimum atomic E-state index is -0.292. The Balaban J connectivity index is 1.55. The number of anilines is 1. The predicted octanol–water partition coefficient (Wildman–Crippen LogP) is 2.06. The first kappa shape index (κ1) is 18.1. The number of pyridine rings is 1. The third-order valence-electron chi connectivity index (χ3n) is 5.40. The SMILES string of the molecule is Cc1nc(-c2cn3c(n2)-c2cnc(N4CC[C@H](O)C4)cc2OCC3)n(C(C)C)n1. The van der Waals surface area contributed by atoms with Crippen molar-refractivity contribution in [3.8, 4) is 28.7 Å². The monoisotopic (exact) mass is 395 g/mol. The zero-order valence-corrected chi connectivity index (χ0v) is 16.9. The molecule has 0 bridgehead atoms. The van der Waals surface area contributed by atoms with Crippen LogP contribution in [0.2, 0.25) is 0 Å². The minimum absolute atomic E-state index is 0.198. The van der Waals surface area contributed by atoms with Crippen molar-refractivity contribution in [1.82, 2.24) is 29.3 Å². The van der Waals surface area contributed by atoms with Gasteiger partial charge in [0.1, 0.15) is 35.5 Å². The molecule has 5 rings (SSSR count). The smallest absolute Gasteiger partial charge is 0.178 e. The van der Waals surface area contributed by atoms with Crippen LogP contribution in [0.15, 0.2) is 18.5 Å². The number of rotatable bonds is 3. The highest BCUT2D eigenvalue weighted by Gasteiger charge is 2.26. The minimum Gasteiger partial charge on any atom is -0.491 e. The van der Waals surface area contributed by atoms with Crippen molar-refractivity contribution < 1.29 is 9.84 Å². The van der Waals surface area contributed by atoms with Gasteiger partial charge in [-0.15, -0.1) is 0 Å². The van der Waals surface area contributed by atoms with Gasteiger partial charge in [-0.05, 0) is 27.2 Å². The second kappa shape index (κ2) is 6.84. The molecule has 0 aromatic carbocycles. The number of aliphatic hydroxyl groups excluding tert-OH is 1. The maximum Gasteiger partial charge on any atom is 0.178 e. The first-order valence-electron chi connectivity index (χ1n) is 10.1. The molecule has 0 saturated carbocycles. The number of aryl methyl sites for hydroxylation is 1. The van der Waals surface area contributed by atoms with Crippen molar-refractivity contribution in [2.75, 3.05) is 24.6 Å². The van der Waals surface area contributed by atoms with E-state index >= 15 is 0 Å². The molecule has 0 spiro atoms. The van der Waals surface area contributed by atoms with Gasteiger partial charge in [-0.3, -0.25) is 0 Å². The van der Waals surface area contributed by atoms with Gasteiger partial charge in [0.25, 0.3) is 0 Å². The Hall–Kier alpha value is -2.94. The quantitative estimate of drug-likeness (QED) is 0.725. The van der Waals surface area contributed by atoms with Gasteiger partial charge in [-0.25, -0.2) is 19.6 Å². The summed E-state index contributed by atoms with van der Waals surface area (Å²) in [7, 11) is 0. The number of β-amino-alcohol motifs (C(OH)–C–C–N with tert-alkyl or cyclic N) is 1. The molecule has 0 aliphatic carbocycles. The first-order valence-corrected chi connectivity index (χ1v) is 10.1. The van der Waals surface area contributed by atoms with E-state index in [0.717, 1.165) is 53.3 Å². The summed E-state index contributed by atoms with van der Waals surface area (Å²) in [5, 5.41) is 14.3. The lowest BCUT2D eigenvalue weighted by Crippen LogP contribution is -2.22. The highest BCUT2D eigenvalue weighted by molar-refractivity contribution is 5.69. The fraction of sp³-hybridized carbons (Fsp3) is 0.500. The van der Waals surface area contributed by atoms with Crippen molar-refractivity contribution in [2.24, 2.45) is 0 Å². The van der Waals surface area contributed by atoms with Gasteiger partial charge in [-0.2, -0.15) is 5.10 Å². The maximum atomic E-state index is 9.82. The van der Waals surface area contributed by atoms with Gasteiger partial charge in [-0.1, -0.05) is 0 Å². The van der Waals surface area contributed by atoms with Crippen molar-refractivity contribution in [3.05, 3.63) is 24.3 Å². The molecule has 1 atom stereocenters. The molecule has 9 nitrogen and oxygen atoms in total. The van der Waals surface area contributed by atoms with E-state index in [1.165, 1.54) is 0 Å². The number of fused-ring (bicyclic) bond motifs is 3. The number of hydrogen-bond donors (Lipinski definition) is 1. The Kier molecular flexibility index (Phi) is 4.27. The van der Waals surface area contributed by atoms with Crippen LogP contribution in [0.3, 0.4) is 0 Å². The fourth-order valence-corrected chi connectivity index (χ4v) is 3.96. The topological polar surface area (TPSA) is 94.1 Å². The van der Waals surface area contributed by atoms with Crippen LogP contribution >= 0.6 is 0 Å². The number of ether oxygens (including phenoxy) is 1. The van der Waals surface area contributed by atoms with Crippen LogP contribution in [0, 0.1) is 6.92 Å². The fourth-order valence-electron chi connectivity index (χ4n) is 3.96. The molecule has 9 heteroatoms. The Bertz CT molecular complexity index is 1060. The maximum absolute atomic E-state index is 9.82. The molecule has 3 aromatic heterocycles. The van der Waals surface area contributed by atoms with E-state index in [2.05, 4.69) is 38.4 Å². The second-order valence-electron chi connectivity index (χ2n) is 7.94. The van der Waals surface area contributed by atoms with Crippen molar-refractivity contribution in [1.29, 1.82) is 0 Å². The number of aliphatic hydroxyl groups is 1. The Morgan fingerprint density at radius 1 is 1.21 bits per heavy atom. The standard InChI is InChI=1S/C20H25N7O2/c1-12(2)27-20(22-13(3)24-27)16-11-26-6-7-29-17-8-18(25-5-4-14(28)10-25)21-9-15(17)19(26)23-16/h8-9,11-12,14,28H,4-7,10H2,1-3H3/t14-/m0/s1. The van der Waals surface area contributed by atoms with Crippen LogP contribution in [0.5, 0.6) is 5.75 Å². The van der Waals surface area contributed by atoms with Crippen LogP contribution in [-0.4, -0.2) is 60.2 Å². The second-order valence-corrected chi connectivity index (χ2v) is 7.94. The lowest BCUT2D eigenvalue weighted by molar-refractivity contribution is 0.198. The number of hydrogen-bond acceptors (Lipinski definition) is 7. The van der Waals surface area contributed by atoms with E-state index in [0.29, 0.717) is 19.7 Å². The molecule has 2 aliphatic heterocycles. The van der Waals surface area contributed by atoms with E-state index in [-0.39, 0.29) is 12.1 Å². The summed E-state index contributed by atoms with van der Waals surface area (Å²) in [5.41, 5.74) is 1.67. The van der Waals surface area contributed by atoms with Gasteiger partial charge >= 0.3 is 0 Å². The number of aromatic nitrogens is 6. The summed E-state index contributed by atoms with van der Waals surface area (Å²) in [4.78, 5) is 16.2. The highest BCUT2D eigenvalue weighted by Crippen LogP contribution is 2.36. The summed E-state index contributed by atoms with van der Waals surface area (Å²) in [5.74, 6) is 3.93. The summed E-state index contributed by atoms with van der Waals surface area (Å²) in [6.07, 6.45) is 4.31.